The summed E-state index contributed by atoms with van der Waals surface area (Å²) in [6.45, 7) is 4.40. The summed E-state index contributed by atoms with van der Waals surface area (Å²) in [5.74, 6) is 0. The number of benzene rings is 1. The Bertz CT molecular complexity index is 620. The van der Waals surface area contributed by atoms with Crippen LogP contribution < -0.4 is 0 Å². The van der Waals surface area contributed by atoms with Gasteiger partial charge in [0.05, 0.1) is 14.3 Å². The molecule has 1 aromatic heterocycles. The van der Waals surface area contributed by atoms with Gasteiger partial charge in [0.15, 0.2) is 0 Å². The van der Waals surface area contributed by atoms with Crippen molar-refractivity contribution < 1.29 is 0 Å². The first-order chi connectivity index (χ1) is 8.03. The lowest BCUT2D eigenvalue weighted by atomic mass is 9.85. The maximum atomic E-state index is 6.45. The third kappa shape index (κ3) is 1.47. The van der Waals surface area contributed by atoms with Crippen LogP contribution in [-0.2, 0) is 5.41 Å². The van der Waals surface area contributed by atoms with Gasteiger partial charge in [-0.05, 0) is 33.7 Å². The van der Waals surface area contributed by atoms with Crippen molar-refractivity contribution in [1.82, 2.24) is 4.98 Å². The Kier molecular flexibility index (Phi) is 2.49. The third-order valence-corrected chi connectivity index (χ3v) is 4.96. The van der Waals surface area contributed by atoms with E-state index >= 15 is 0 Å². The Balaban J connectivity index is 2.46. The summed E-state index contributed by atoms with van der Waals surface area (Å²) < 4.78 is 1.01. The zero-order valence-electron chi connectivity index (χ0n) is 9.59. The molecular formula is C14H11ClIN. The lowest BCUT2D eigenvalue weighted by Gasteiger charge is -2.19. The molecule has 0 fully saturated rings. The highest BCUT2D eigenvalue weighted by molar-refractivity contribution is 14.1. The molecule has 0 atom stereocenters. The van der Waals surface area contributed by atoms with Crippen LogP contribution in [0.1, 0.15) is 25.1 Å². The minimum atomic E-state index is -0.0556. The van der Waals surface area contributed by atoms with Gasteiger partial charge in [-0.1, -0.05) is 49.7 Å². The van der Waals surface area contributed by atoms with Gasteiger partial charge in [-0.2, -0.15) is 0 Å². The van der Waals surface area contributed by atoms with Gasteiger partial charge >= 0.3 is 0 Å². The molecule has 3 rings (SSSR count). The van der Waals surface area contributed by atoms with Gasteiger partial charge in [0, 0.05) is 17.2 Å². The van der Waals surface area contributed by atoms with Crippen LogP contribution in [0.25, 0.3) is 11.1 Å². The van der Waals surface area contributed by atoms with Crippen LogP contribution in [0.15, 0.2) is 30.5 Å². The smallest absolute Gasteiger partial charge is 0.0652 e. The van der Waals surface area contributed by atoms with Gasteiger partial charge in [-0.15, -0.1) is 0 Å². The summed E-state index contributed by atoms with van der Waals surface area (Å²) in [5, 5.41) is 0.827. The second-order valence-corrected chi connectivity index (χ2v) is 6.35. The highest BCUT2D eigenvalue weighted by Crippen LogP contribution is 2.50. The van der Waals surface area contributed by atoms with E-state index in [1.165, 1.54) is 11.1 Å². The maximum Gasteiger partial charge on any atom is 0.0652 e. The van der Waals surface area contributed by atoms with Crippen LogP contribution in [0.3, 0.4) is 0 Å². The molecule has 1 heterocycles. The van der Waals surface area contributed by atoms with E-state index in [0.717, 1.165) is 19.9 Å². The normalized spacial score (nSPS) is 15.5. The van der Waals surface area contributed by atoms with Crippen LogP contribution >= 0.6 is 34.2 Å². The molecule has 0 amide bonds. The molecule has 3 heteroatoms. The fourth-order valence-corrected chi connectivity index (χ4v) is 3.21. The number of pyridine rings is 1. The molecule has 0 saturated carbocycles. The number of nitrogens with zero attached hydrogens (tertiary/aromatic N) is 1. The summed E-state index contributed by atoms with van der Waals surface area (Å²) in [4.78, 5) is 4.60. The molecule has 0 spiro atoms. The molecule has 1 nitrogen and oxygen atoms in total. The highest BCUT2D eigenvalue weighted by Gasteiger charge is 2.38. The van der Waals surface area contributed by atoms with Crippen molar-refractivity contribution >= 4 is 34.2 Å². The highest BCUT2D eigenvalue weighted by atomic mass is 127. The van der Waals surface area contributed by atoms with Crippen molar-refractivity contribution in [3.05, 3.63) is 50.3 Å². The standard InChI is InChI=1S/C14H11ClIN/c1-14(2)9-6-4-3-5-8(9)11-12(15)10(16)7-17-13(11)14/h3-7H,1-2H3. The van der Waals surface area contributed by atoms with E-state index in [1.54, 1.807) is 0 Å². The van der Waals surface area contributed by atoms with Crippen molar-refractivity contribution in [2.75, 3.05) is 0 Å². The van der Waals surface area contributed by atoms with E-state index in [0.29, 0.717) is 0 Å². The summed E-state index contributed by atoms with van der Waals surface area (Å²) in [6.07, 6.45) is 1.86. The summed E-state index contributed by atoms with van der Waals surface area (Å²) in [7, 11) is 0. The molecule has 0 bridgehead atoms. The molecule has 17 heavy (non-hydrogen) atoms. The molecular weight excluding hydrogens is 345 g/mol. The Morgan fingerprint density at radius 3 is 2.71 bits per heavy atom. The molecule has 0 unspecified atom stereocenters. The predicted molar refractivity (Wildman–Crippen MR) is 79.5 cm³/mol. The molecule has 1 aliphatic rings. The topological polar surface area (TPSA) is 12.9 Å². The second-order valence-electron chi connectivity index (χ2n) is 4.81. The molecule has 1 aromatic carbocycles. The zero-order chi connectivity index (χ0) is 12.2. The molecule has 1 aliphatic carbocycles. The summed E-state index contributed by atoms with van der Waals surface area (Å²) in [5.41, 5.74) is 4.68. The lowest BCUT2D eigenvalue weighted by molar-refractivity contribution is 0.636. The van der Waals surface area contributed by atoms with Crippen molar-refractivity contribution in [2.24, 2.45) is 0 Å². The Morgan fingerprint density at radius 1 is 1.24 bits per heavy atom. The van der Waals surface area contributed by atoms with E-state index in [1.807, 2.05) is 6.20 Å². The van der Waals surface area contributed by atoms with Crippen molar-refractivity contribution in [3.8, 4) is 11.1 Å². The van der Waals surface area contributed by atoms with Gasteiger partial charge in [0.1, 0.15) is 0 Å². The van der Waals surface area contributed by atoms with Gasteiger partial charge < -0.3 is 0 Å². The van der Waals surface area contributed by atoms with E-state index in [4.69, 9.17) is 11.6 Å². The molecule has 0 aliphatic heterocycles. The zero-order valence-corrected chi connectivity index (χ0v) is 12.5. The first-order valence-corrected chi connectivity index (χ1v) is 6.93. The van der Waals surface area contributed by atoms with Crippen molar-refractivity contribution in [2.45, 2.75) is 19.3 Å². The molecule has 2 aromatic rings. The second kappa shape index (κ2) is 3.69. The predicted octanol–water partition coefficient (Wildman–Crippen LogP) is 4.65. The number of halogens is 2. The summed E-state index contributed by atoms with van der Waals surface area (Å²) >= 11 is 8.68. The fraction of sp³-hybridized carbons (Fsp3) is 0.214. The van der Waals surface area contributed by atoms with E-state index in [9.17, 15) is 0 Å². The average Bonchev–Trinajstić information content (AvgIpc) is 2.54. The van der Waals surface area contributed by atoms with Gasteiger partial charge in [-0.25, -0.2) is 0 Å². The van der Waals surface area contributed by atoms with E-state index in [2.05, 4.69) is 65.7 Å². The first-order valence-electron chi connectivity index (χ1n) is 5.48. The van der Waals surface area contributed by atoms with Crippen molar-refractivity contribution in [3.63, 3.8) is 0 Å². The van der Waals surface area contributed by atoms with Gasteiger partial charge in [0.2, 0.25) is 0 Å². The Morgan fingerprint density at radius 2 is 1.94 bits per heavy atom. The molecule has 0 saturated heterocycles. The van der Waals surface area contributed by atoms with Crippen molar-refractivity contribution in [1.29, 1.82) is 0 Å². The maximum absolute atomic E-state index is 6.45. The van der Waals surface area contributed by atoms with Crippen LogP contribution in [0.2, 0.25) is 5.02 Å². The lowest BCUT2D eigenvalue weighted by Crippen LogP contribution is -2.16. The average molecular weight is 356 g/mol. The molecule has 0 N–H and O–H groups in total. The number of hydrogen-bond acceptors (Lipinski definition) is 1. The Hall–Kier alpha value is -0.610. The van der Waals surface area contributed by atoms with Crippen LogP contribution in [0.5, 0.6) is 0 Å². The number of fused-ring (bicyclic) bond motifs is 3. The first kappa shape index (κ1) is 11.5. The largest absolute Gasteiger partial charge is 0.259 e. The quantitative estimate of drug-likeness (QED) is 0.627. The molecule has 86 valence electrons. The third-order valence-electron chi connectivity index (χ3n) is 3.43. The monoisotopic (exact) mass is 355 g/mol. The van der Waals surface area contributed by atoms with Crippen LogP contribution in [-0.4, -0.2) is 4.98 Å². The number of hydrogen-bond donors (Lipinski definition) is 0. The molecule has 0 radical (unpaired) electrons. The van der Waals surface area contributed by atoms with E-state index in [-0.39, 0.29) is 5.41 Å². The summed E-state index contributed by atoms with van der Waals surface area (Å²) in [6, 6.07) is 8.43. The minimum absolute atomic E-state index is 0.0556. The van der Waals surface area contributed by atoms with Gasteiger partial charge in [0.25, 0.3) is 0 Å². The fourth-order valence-electron chi connectivity index (χ4n) is 2.56. The Labute approximate surface area is 119 Å². The van der Waals surface area contributed by atoms with E-state index < -0.39 is 0 Å². The minimum Gasteiger partial charge on any atom is -0.259 e. The number of aromatic nitrogens is 1. The van der Waals surface area contributed by atoms with Gasteiger partial charge in [-0.3, -0.25) is 4.98 Å². The SMILES string of the molecule is CC1(C)c2ccccc2-c2c1ncc(I)c2Cl. The van der Waals surface area contributed by atoms with Crippen LogP contribution in [0, 0.1) is 3.57 Å². The van der Waals surface area contributed by atoms with Crippen LogP contribution in [0.4, 0.5) is 0 Å². The number of rotatable bonds is 0.